The van der Waals surface area contributed by atoms with Crippen molar-refractivity contribution in [3.05, 3.63) is 12.2 Å². The molecule has 1 aliphatic rings. The zero-order valence-electron chi connectivity index (χ0n) is 11.4. The van der Waals surface area contributed by atoms with E-state index in [4.69, 9.17) is 5.73 Å². The number of likely N-dealkylation sites (N-methyl/N-ethyl adjacent to an activating group) is 1. The van der Waals surface area contributed by atoms with Crippen molar-refractivity contribution in [1.82, 2.24) is 5.32 Å². The number of aliphatic hydroxyl groups is 1. The predicted octanol–water partition coefficient (Wildman–Crippen LogP) is 1.67. The second kappa shape index (κ2) is 6.53. The van der Waals surface area contributed by atoms with Crippen LogP contribution in [0.4, 0.5) is 0 Å². The molecule has 0 aromatic heterocycles. The third-order valence-corrected chi connectivity index (χ3v) is 4.34. The van der Waals surface area contributed by atoms with Gasteiger partial charge in [0.05, 0.1) is 11.6 Å². The number of allylic oxidation sites excluding steroid dienone is 1. The summed E-state index contributed by atoms with van der Waals surface area (Å²) < 4.78 is 0. The molecule has 2 atom stereocenters. The van der Waals surface area contributed by atoms with Gasteiger partial charge in [-0.1, -0.05) is 12.2 Å². The van der Waals surface area contributed by atoms with Crippen LogP contribution in [-0.2, 0) is 0 Å². The molecule has 3 nitrogen and oxygen atoms in total. The van der Waals surface area contributed by atoms with Gasteiger partial charge in [0.1, 0.15) is 0 Å². The minimum atomic E-state index is -0.317. The normalized spacial score (nSPS) is 31.4. The van der Waals surface area contributed by atoms with Gasteiger partial charge in [0.15, 0.2) is 0 Å². The monoisotopic (exact) mass is 240 g/mol. The van der Waals surface area contributed by atoms with Gasteiger partial charge < -0.3 is 16.2 Å². The second-order valence-corrected chi connectivity index (χ2v) is 5.49. The van der Waals surface area contributed by atoms with E-state index >= 15 is 0 Å². The van der Waals surface area contributed by atoms with E-state index < -0.39 is 0 Å². The Kier molecular flexibility index (Phi) is 5.63. The van der Waals surface area contributed by atoms with Crippen LogP contribution in [0, 0.1) is 11.8 Å². The van der Waals surface area contributed by atoms with Crippen molar-refractivity contribution in [3.63, 3.8) is 0 Å². The van der Waals surface area contributed by atoms with Crippen molar-refractivity contribution < 1.29 is 5.11 Å². The maximum atomic E-state index is 10.5. The van der Waals surface area contributed by atoms with Crippen LogP contribution in [0.2, 0.25) is 0 Å². The third kappa shape index (κ3) is 3.54. The molecule has 17 heavy (non-hydrogen) atoms. The van der Waals surface area contributed by atoms with Gasteiger partial charge in [-0.3, -0.25) is 0 Å². The SMILES string of the molecule is CC=CC(C)(NC)C(O)C1CCC(CN)CC1. The van der Waals surface area contributed by atoms with Gasteiger partial charge in [0, 0.05) is 0 Å². The first-order chi connectivity index (χ1) is 8.07. The maximum absolute atomic E-state index is 10.5. The van der Waals surface area contributed by atoms with E-state index in [1.165, 1.54) is 0 Å². The summed E-state index contributed by atoms with van der Waals surface area (Å²) in [5.74, 6) is 1.06. The number of nitrogens with one attached hydrogen (secondary N) is 1. The molecule has 4 N–H and O–H groups in total. The van der Waals surface area contributed by atoms with Gasteiger partial charge in [0.25, 0.3) is 0 Å². The Morgan fingerprint density at radius 1 is 1.41 bits per heavy atom. The van der Waals surface area contributed by atoms with Gasteiger partial charge in [-0.05, 0) is 65.0 Å². The minimum Gasteiger partial charge on any atom is -0.391 e. The van der Waals surface area contributed by atoms with Crippen molar-refractivity contribution in [2.75, 3.05) is 13.6 Å². The zero-order chi connectivity index (χ0) is 12.9. The van der Waals surface area contributed by atoms with Gasteiger partial charge in [-0.2, -0.15) is 0 Å². The highest BCUT2D eigenvalue weighted by atomic mass is 16.3. The van der Waals surface area contributed by atoms with E-state index in [-0.39, 0.29) is 11.6 Å². The van der Waals surface area contributed by atoms with E-state index in [0.29, 0.717) is 11.8 Å². The Bertz CT molecular complexity index is 247. The summed E-state index contributed by atoms with van der Waals surface area (Å²) in [4.78, 5) is 0. The van der Waals surface area contributed by atoms with Gasteiger partial charge in [0.2, 0.25) is 0 Å². The summed E-state index contributed by atoms with van der Waals surface area (Å²) >= 11 is 0. The molecule has 1 rings (SSSR count). The molecule has 1 saturated carbocycles. The third-order valence-electron chi connectivity index (χ3n) is 4.34. The van der Waals surface area contributed by atoms with Gasteiger partial charge >= 0.3 is 0 Å². The molecular formula is C14H28N2O. The van der Waals surface area contributed by atoms with Crippen LogP contribution in [0.15, 0.2) is 12.2 Å². The molecule has 100 valence electrons. The second-order valence-electron chi connectivity index (χ2n) is 5.49. The lowest BCUT2D eigenvalue weighted by molar-refractivity contribution is 0.0231. The van der Waals surface area contributed by atoms with Crippen LogP contribution >= 0.6 is 0 Å². The quantitative estimate of drug-likeness (QED) is 0.641. The summed E-state index contributed by atoms with van der Waals surface area (Å²) in [6, 6.07) is 0. The molecule has 0 saturated heterocycles. The number of hydrogen-bond acceptors (Lipinski definition) is 3. The van der Waals surface area contributed by atoms with E-state index in [1.807, 2.05) is 20.0 Å². The topological polar surface area (TPSA) is 58.3 Å². The Morgan fingerprint density at radius 2 is 2.00 bits per heavy atom. The van der Waals surface area contributed by atoms with Crippen molar-refractivity contribution in [3.8, 4) is 0 Å². The Hall–Kier alpha value is -0.380. The fourth-order valence-electron chi connectivity index (χ4n) is 2.91. The van der Waals surface area contributed by atoms with Crippen LogP contribution in [0.1, 0.15) is 39.5 Å². The van der Waals surface area contributed by atoms with Crippen LogP contribution in [0.3, 0.4) is 0 Å². The molecule has 0 aliphatic heterocycles. The zero-order valence-corrected chi connectivity index (χ0v) is 11.4. The van der Waals surface area contributed by atoms with Crippen molar-refractivity contribution in [2.24, 2.45) is 17.6 Å². The van der Waals surface area contributed by atoms with Gasteiger partial charge in [-0.25, -0.2) is 0 Å². The molecule has 0 bridgehead atoms. The molecule has 3 heteroatoms. The average molecular weight is 240 g/mol. The van der Waals surface area contributed by atoms with E-state index in [0.717, 1.165) is 32.2 Å². The van der Waals surface area contributed by atoms with Gasteiger partial charge in [-0.15, -0.1) is 0 Å². The Morgan fingerprint density at radius 3 is 2.41 bits per heavy atom. The fraction of sp³-hybridized carbons (Fsp3) is 0.857. The number of hydrogen-bond donors (Lipinski definition) is 3. The highest BCUT2D eigenvalue weighted by Crippen LogP contribution is 2.34. The van der Waals surface area contributed by atoms with Crippen LogP contribution in [-0.4, -0.2) is 30.3 Å². The molecular weight excluding hydrogens is 212 g/mol. The Labute approximate surface area is 105 Å². The summed E-state index contributed by atoms with van der Waals surface area (Å²) in [6.07, 6.45) is 8.26. The maximum Gasteiger partial charge on any atom is 0.0782 e. The number of nitrogens with two attached hydrogens (primary N) is 1. The number of rotatable bonds is 5. The van der Waals surface area contributed by atoms with Crippen LogP contribution < -0.4 is 11.1 Å². The minimum absolute atomic E-state index is 0.311. The van der Waals surface area contributed by atoms with E-state index in [9.17, 15) is 5.11 Å². The molecule has 2 unspecified atom stereocenters. The first-order valence-corrected chi connectivity index (χ1v) is 6.78. The molecule has 0 heterocycles. The van der Waals surface area contributed by atoms with E-state index in [1.54, 1.807) is 0 Å². The molecule has 0 radical (unpaired) electrons. The molecule has 1 aliphatic carbocycles. The average Bonchev–Trinajstić information content (AvgIpc) is 2.38. The highest BCUT2D eigenvalue weighted by molar-refractivity contribution is 5.08. The molecule has 0 aromatic carbocycles. The van der Waals surface area contributed by atoms with Crippen molar-refractivity contribution in [2.45, 2.75) is 51.2 Å². The molecule has 1 fully saturated rings. The standard InChI is InChI=1S/C14H28N2O/c1-4-9-14(2,16-3)13(17)12-7-5-11(10-15)6-8-12/h4,9,11-13,16-17H,5-8,10,15H2,1-3H3. The lowest BCUT2D eigenvalue weighted by Gasteiger charge is -2.39. The van der Waals surface area contributed by atoms with E-state index in [2.05, 4.69) is 18.3 Å². The molecule has 0 aromatic rings. The summed E-state index contributed by atoms with van der Waals surface area (Å²) in [5, 5.41) is 13.8. The lowest BCUT2D eigenvalue weighted by Crippen LogP contribution is -2.52. The summed E-state index contributed by atoms with van der Waals surface area (Å²) in [5.41, 5.74) is 5.39. The predicted molar refractivity (Wildman–Crippen MR) is 72.8 cm³/mol. The summed E-state index contributed by atoms with van der Waals surface area (Å²) in [6.45, 7) is 4.85. The smallest absolute Gasteiger partial charge is 0.0782 e. The summed E-state index contributed by atoms with van der Waals surface area (Å²) in [7, 11) is 1.91. The number of aliphatic hydroxyl groups excluding tert-OH is 1. The lowest BCUT2D eigenvalue weighted by atomic mass is 9.74. The molecule has 0 amide bonds. The van der Waals surface area contributed by atoms with Crippen molar-refractivity contribution >= 4 is 0 Å². The Balaban J connectivity index is 2.60. The fourth-order valence-corrected chi connectivity index (χ4v) is 2.91. The largest absolute Gasteiger partial charge is 0.391 e. The highest BCUT2D eigenvalue weighted by Gasteiger charge is 2.36. The van der Waals surface area contributed by atoms with Crippen LogP contribution in [0.25, 0.3) is 0 Å². The van der Waals surface area contributed by atoms with Crippen molar-refractivity contribution in [1.29, 1.82) is 0 Å². The first kappa shape index (κ1) is 14.7. The first-order valence-electron chi connectivity index (χ1n) is 6.78. The molecule has 0 spiro atoms. The van der Waals surface area contributed by atoms with Crippen LogP contribution in [0.5, 0.6) is 0 Å².